The summed E-state index contributed by atoms with van der Waals surface area (Å²) < 4.78 is 43.1. The number of ketones is 2. The van der Waals surface area contributed by atoms with Gasteiger partial charge < -0.3 is 4.74 Å². The van der Waals surface area contributed by atoms with Crippen LogP contribution in [0.1, 0.15) is 13.8 Å². The van der Waals surface area contributed by atoms with E-state index in [-0.39, 0.29) is 6.07 Å². The normalized spacial score (nSPS) is 10.4. The molecule has 0 radical (unpaired) electrons. The summed E-state index contributed by atoms with van der Waals surface area (Å²) in [6, 6.07) is 0.508. The van der Waals surface area contributed by atoms with E-state index >= 15 is 0 Å². The van der Waals surface area contributed by atoms with E-state index in [1.54, 1.807) is 0 Å². The van der Waals surface area contributed by atoms with E-state index in [2.05, 4.69) is 4.74 Å². The van der Waals surface area contributed by atoms with E-state index in [1.165, 1.54) is 0 Å². The third kappa shape index (κ3) is 3.40. The lowest BCUT2D eigenvalue weighted by Crippen LogP contribution is -2.32. The van der Waals surface area contributed by atoms with E-state index in [9.17, 15) is 27.6 Å². The first-order chi connectivity index (χ1) is 8.73. The van der Waals surface area contributed by atoms with Gasteiger partial charge in [-0.25, -0.2) is 13.2 Å². The fourth-order valence-corrected chi connectivity index (χ4v) is 1.37. The highest BCUT2D eigenvalue weighted by molar-refractivity contribution is 6.16. The molecule has 0 atom stereocenters. The lowest BCUT2D eigenvalue weighted by Gasteiger charge is -2.10. The Bertz CT molecular complexity index is 540. The topological polar surface area (TPSA) is 60.4 Å². The summed E-state index contributed by atoms with van der Waals surface area (Å²) in [4.78, 5) is 33.6. The summed E-state index contributed by atoms with van der Waals surface area (Å²) in [6.07, 6.45) is 0. The molecule has 0 aromatic heterocycles. The van der Waals surface area contributed by atoms with E-state index < -0.39 is 46.7 Å². The molecule has 0 aliphatic rings. The Kier molecular flexibility index (Phi) is 4.42. The van der Waals surface area contributed by atoms with Crippen LogP contribution in [-0.2, 0) is 14.4 Å². The van der Waals surface area contributed by atoms with Gasteiger partial charge in [-0.3, -0.25) is 14.4 Å². The van der Waals surface area contributed by atoms with Crippen molar-refractivity contribution in [2.24, 2.45) is 5.92 Å². The molecule has 1 aromatic carbocycles. The lowest BCUT2D eigenvalue weighted by atomic mass is 10.0. The van der Waals surface area contributed by atoms with Gasteiger partial charge in [0, 0.05) is 12.1 Å². The highest BCUT2D eigenvalue weighted by Crippen LogP contribution is 2.22. The van der Waals surface area contributed by atoms with Gasteiger partial charge in [0.05, 0.1) is 0 Å². The van der Waals surface area contributed by atoms with Gasteiger partial charge in [-0.05, 0) is 13.8 Å². The molecule has 102 valence electrons. The number of carbonyl (C=O) groups is 3. The quantitative estimate of drug-likeness (QED) is 0.363. The third-order valence-electron chi connectivity index (χ3n) is 2.23. The van der Waals surface area contributed by atoms with Gasteiger partial charge in [-0.2, -0.15) is 0 Å². The zero-order valence-electron chi connectivity index (χ0n) is 10.00. The number of esters is 1. The highest BCUT2D eigenvalue weighted by Gasteiger charge is 2.31. The number of ether oxygens (including phenoxy) is 1. The van der Waals surface area contributed by atoms with Crippen LogP contribution in [0.3, 0.4) is 0 Å². The van der Waals surface area contributed by atoms with Crippen LogP contribution in [0.2, 0.25) is 0 Å². The van der Waals surface area contributed by atoms with Crippen LogP contribution in [0.5, 0.6) is 5.75 Å². The Morgan fingerprint density at radius 3 is 1.89 bits per heavy atom. The molecule has 7 heteroatoms. The van der Waals surface area contributed by atoms with Gasteiger partial charge in [0.15, 0.2) is 40.7 Å². The van der Waals surface area contributed by atoms with E-state index in [4.69, 9.17) is 0 Å². The predicted octanol–water partition coefficient (Wildman–Crippen LogP) is 1.80. The Morgan fingerprint density at radius 1 is 0.947 bits per heavy atom. The largest absolute Gasteiger partial charge is 0.422 e. The average molecular weight is 274 g/mol. The molecule has 4 nitrogen and oxygen atoms in total. The molecule has 0 saturated carbocycles. The second-order valence-electron chi connectivity index (χ2n) is 3.77. The Balaban J connectivity index is 3.02. The minimum absolute atomic E-state index is 0.189. The fraction of sp³-hybridized carbons (Fsp3) is 0.250. The molecule has 19 heavy (non-hydrogen) atoms. The first-order valence-electron chi connectivity index (χ1n) is 5.11. The number of hydrogen-bond acceptors (Lipinski definition) is 4. The molecule has 0 N–H and O–H groups in total. The second-order valence-corrected chi connectivity index (χ2v) is 3.77. The zero-order valence-corrected chi connectivity index (χ0v) is 10.00. The van der Waals surface area contributed by atoms with Crippen LogP contribution in [0.15, 0.2) is 12.1 Å². The number of halogens is 3. The minimum Gasteiger partial charge on any atom is -0.422 e. The number of benzene rings is 1. The highest BCUT2D eigenvalue weighted by atomic mass is 19.2. The SMILES string of the molecule is CC(=O)C(C(C)=O)C(=O)Oc1cc(F)c(F)cc1F. The van der Waals surface area contributed by atoms with Crippen molar-refractivity contribution in [2.45, 2.75) is 13.8 Å². The maximum atomic E-state index is 13.2. The fourth-order valence-electron chi connectivity index (χ4n) is 1.37. The van der Waals surface area contributed by atoms with Crippen molar-refractivity contribution in [1.29, 1.82) is 0 Å². The van der Waals surface area contributed by atoms with Crippen LogP contribution in [-0.4, -0.2) is 17.5 Å². The Morgan fingerprint density at radius 2 is 1.42 bits per heavy atom. The zero-order chi connectivity index (χ0) is 14.7. The van der Waals surface area contributed by atoms with Crippen LogP contribution >= 0.6 is 0 Å². The number of Topliss-reactive ketones (excluding diaryl/α,β-unsaturated/α-hetero) is 2. The number of rotatable bonds is 4. The first kappa shape index (κ1) is 14.9. The van der Waals surface area contributed by atoms with Crippen molar-refractivity contribution in [3.8, 4) is 5.75 Å². The van der Waals surface area contributed by atoms with Crippen molar-refractivity contribution in [1.82, 2.24) is 0 Å². The van der Waals surface area contributed by atoms with E-state index in [1.807, 2.05) is 0 Å². The number of hydrogen-bond donors (Lipinski definition) is 0. The molecular weight excluding hydrogens is 265 g/mol. The summed E-state index contributed by atoms with van der Waals surface area (Å²) in [6.45, 7) is 1.96. The van der Waals surface area contributed by atoms with Crippen LogP contribution in [0.4, 0.5) is 13.2 Å². The molecule has 0 aliphatic carbocycles. The Hall–Kier alpha value is -2.18. The summed E-state index contributed by atoms with van der Waals surface area (Å²) in [5.74, 6) is -9.73. The van der Waals surface area contributed by atoms with Gasteiger partial charge in [0.25, 0.3) is 0 Å². The van der Waals surface area contributed by atoms with Crippen molar-refractivity contribution in [2.75, 3.05) is 0 Å². The van der Waals surface area contributed by atoms with Gasteiger partial charge in [-0.15, -0.1) is 0 Å². The van der Waals surface area contributed by atoms with Gasteiger partial charge >= 0.3 is 5.97 Å². The number of carbonyl (C=O) groups excluding carboxylic acids is 3. The van der Waals surface area contributed by atoms with Crippen molar-refractivity contribution >= 4 is 17.5 Å². The molecule has 0 aliphatic heterocycles. The molecule has 1 aromatic rings. The van der Waals surface area contributed by atoms with Crippen molar-refractivity contribution in [3.05, 3.63) is 29.6 Å². The van der Waals surface area contributed by atoms with E-state index in [0.29, 0.717) is 6.07 Å². The maximum Gasteiger partial charge on any atom is 0.329 e. The summed E-state index contributed by atoms with van der Waals surface area (Å²) in [7, 11) is 0. The second kappa shape index (κ2) is 5.64. The molecule has 0 unspecified atom stereocenters. The molecule has 0 spiro atoms. The standard InChI is InChI=1S/C12H9F3O4/c1-5(16)11(6(2)17)12(18)19-10-4-8(14)7(13)3-9(10)15/h3-4,11H,1-2H3. The van der Waals surface area contributed by atoms with Crippen LogP contribution < -0.4 is 4.74 Å². The van der Waals surface area contributed by atoms with Crippen LogP contribution in [0.25, 0.3) is 0 Å². The van der Waals surface area contributed by atoms with Crippen molar-refractivity contribution in [3.63, 3.8) is 0 Å². The molecule has 0 bridgehead atoms. The molecule has 0 amide bonds. The van der Waals surface area contributed by atoms with Crippen molar-refractivity contribution < 1.29 is 32.3 Å². The van der Waals surface area contributed by atoms with E-state index in [0.717, 1.165) is 13.8 Å². The third-order valence-corrected chi connectivity index (χ3v) is 2.23. The monoisotopic (exact) mass is 274 g/mol. The lowest BCUT2D eigenvalue weighted by molar-refractivity contribution is -0.147. The molecule has 0 heterocycles. The first-order valence-corrected chi connectivity index (χ1v) is 5.11. The molecule has 1 rings (SSSR count). The van der Waals surface area contributed by atoms with Gasteiger partial charge in [0.1, 0.15) is 0 Å². The Labute approximate surface area is 106 Å². The van der Waals surface area contributed by atoms with Gasteiger partial charge in [0.2, 0.25) is 0 Å². The maximum absolute atomic E-state index is 13.2. The smallest absolute Gasteiger partial charge is 0.329 e. The van der Waals surface area contributed by atoms with Gasteiger partial charge in [-0.1, -0.05) is 0 Å². The average Bonchev–Trinajstić information content (AvgIpc) is 2.24. The summed E-state index contributed by atoms with van der Waals surface area (Å²) >= 11 is 0. The molecular formula is C12H9F3O4. The minimum atomic E-state index is -1.72. The molecule has 0 saturated heterocycles. The predicted molar refractivity (Wildman–Crippen MR) is 56.8 cm³/mol. The summed E-state index contributed by atoms with van der Waals surface area (Å²) in [5.41, 5.74) is 0. The summed E-state index contributed by atoms with van der Waals surface area (Å²) in [5, 5.41) is 0. The molecule has 0 fully saturated rings. The van der Waals surface area contributed by atoms with Crippen LogP contribution in [0, 0.1) is 23.4 Å².